The van der Waals surface area contributed by atoms with Gasteiger partial charge in [0.1, 0.15) is 24.4 Å². The predicted octanol–water partition coefficient (Wildman–Crippen LogP) is 9.94. The molecule has 0 radical (unpaired) electrons. The summed E-state index contributed by atoms with van der Waals surface area (Å²) >= 11 is 0. The van der Waals surface area contributed by atoms with Crippen molar-refractivity contribution in [2.45, 2.75) is 102 Å². The van der Waals surface area contributed by atoms with Crippen molar-refractivity contribution in [1.82, 2.24) is 0 Å². The van der Waals surface area contributed by atoms with Gasteiger partial charge in [-0.25, -0.2) is 9.78 Å². The molecule has 10 heteroatoms. The molecule has 2 aliphatic heterocycles. The van der Waals surface area contributed by atoms with E-state index >= 15 is 0 Å². The Kier molecular flexibility index (Phi) is 17.7. The van der Waals surface area contributed by atoms with Gasteiger partial charge in [0.05, 0.1) is 65.1 Å². The fraction of sp³-hybridized carbons (Fsp3) is 0.333. The molecule has 2 aliphatic rings. The van der Waals surface area contributed by atoms with E-state index in [0.29, 0.717) is 52.5 Å². The largest absolute Gasteiger partial charge is 0.374 e. The number of hydrogen-bond donors (Lipinski definition) is 0. The highest BCUT2D eigenvalue weighted by atomic mass is 17.2. The Morgan fingerprint density at radius 1 is 0.328 bits per heavy atom. The van der Waals surface area contributed by atoms with Crippen molar-refractivity contribution >= 4 is 0 Å². The molecule has 6 aromatic carbocycles. The van der Waals surface area contributed by atoms with Gasteiger partial charge in [-0.3, -0.25) is 0 Å². The molecule has 0 spiro atoms. The number of benzene rings is 6. The molecule has 0 aromatic heterocycles. The van der Waals surface area contributed by atoms with E-state index in [1.807, 2.05) is 182 Å². The zero-order valence-electron chi connectivity index (χ0n) is 36.1. The maximum absolute atomic E-state index is 6.67. The SMILES string of the molecule is c1ccc(COCC2O[C@@H](OO[C@@H]3C[C@H](OCc4ccccc4)[C@@H](OCc4ccccc4)C(COCc4ccccc4)O3)C[C@H](OCc3ccccc3)[C@@H]2OCc2ccccc2)cc1. The van der Waals surface area contributed by atoms with Crippen molar-refractivity contribution in [2.24, 2.45) is 0 Å². The van der Waals surface area contributed by atoms with Crippen molar-refractivity contribution in [3.05, 3.63) is 215 Å². The maximum Gasteiger partial charge on any atom is 0.194 e. The third-order valence-electron chi connectivity index (χ3n) is 11.2. The summed E-state index contributed by atoms with van der Waals surface area (Å²) in [6, 6.07) is 60.5. The second kappa shape index (κ2) is 24.8. The monoisotopic (exact) mass is 866 g/mol. The summed E-state index contributed by atoms with van der Waals surface area (Å²) in [6.45, 7) is 2.78. The van der Waals surface area contributed by atoms with Crippen LogP contribution >= 0.6 is 0 Å². The highest BCUT2D eigenvalue weighted by molar-refractivity contribution is 5.17. The lowest BCUT2D eigenvalue weighted by Crippen LogP contribution is -2.54. The molecule has 2 heterocycles. The summed E-state index contributed by atoms with van der Waals surface area (Å²) in [5.74, 6) is 0. The third-order valence-corrected chi connectivity index (χ3v) is 11.2. The molecule has 0 saturated carbocycles. The maximum atomic E-state index is 6.67. The van der Waals surface area contributed by atoms with E-state index in [2.05, 4.69) is 0 Å². The zero-order chi connectivity index (χ0) is 43.4. The summed E-state index contributed by atoms with van der Waals surface area (Å²) in [7, 11) is 0. The Hall–Kier alpha value is -5.08. The molecule has 0 N–H and O–H groups in total. The van der Waals surface area contributed by atoms with Gasteiger partial charge in [-0.1, -0.05) is 182 Å². The van der Waals surface area contributed by atoms with E-state index in [0.717, 1.165) is 33.4 Å². The average Bonchev–Trinajstić information content (AvgIpc) is 3.35. The summed E-state index contributed by atoms with van der Waals surface area (Å²) < 4.78 is 52.6. The highest BCUT2D eigenvalue weighted by Gasteiger charge is 2.45. The zero-order valence-corrected chi connectivity index (χ0v) is 36.1. The molecular weight excluding hydrogens is 809 g/mol. The molecule has 8 rings (SSSR count). The number of rotatable bonds is 23. The lowest BCUT2D eigenvalue weighted by Gasteiger charge is -2.42. The molecule has 6 aromatic rings. The number of ether oxygens (including phenoxy) is 8. The summed E-state index contributed by atoms with van der Waals surface area (Å²) in [6.07, 6.45) is -3.95. The molecule has 2 fully saturated rings. The molecule has 2 unspecified atom stereocenters. The van der Waals surface area contributed by atoms with Gasteiger partial charge in [-0.05, 0) is 33.4 Å². The first kappa shape index (κ1) is 45.5. The molecule has 64 heavy (non-hydrogen) atoms. The van der Waals surface area contributed by atoms with E-state index in [1.165, 1.54) is 0 Å². The van der Waals surface area contributed by atoms with Crippen LogP contribution in [0.3, 0.4) is 0 Å². The fourth-order valence-electron chi connectivity index (χ4n) is 7.88. The van der Waals surface area contributed by atoms with Gasteiger partial charge in [0.25, 0.3) is 0 Å². The van der Waals surface area contributed by atoms with Crippen LogP contribution in [0.4, 0.5) is 0 Å². The van der Waals surface area contributed by atoms with Crippen LogP contribution in [0.5, 0.6) is 0 Å². The quantitative estimate of drug-likeness (QED) is 0.0458. The van der Waals surface area contributed by atoms with Gasteiger partial charge in [0.15, 0.2) is 12.6 Å². The topological polar surface area (TPSA) is 92.3 Å². The molecule has 10 nitrogen and oxygen atoms in total. The van der Waals surface area contributed by atoms with Gasteiger partial charge in [0.2, 0.25) is 0 Å². The van der Waals surface area contributed by atoms with Gasteiger partial charge in [-0.15, -0.1) is 0 Å². The van der Waals surface area contributed by atoms with E-state index in [-0.39, 0.29) is 13.2 Å². The molecule has 0 bridgehead atoms. The summed E-state index contributed by atoms with van der Waals surface area (Å²) in [4.78, 5) is 12.5. The lowest BCUT2D eigenvalue weighted by molar-refractivity contribution is -0.467. The van der Waals surface area contributed by atoms with Crippen LogP contribution < -0.4 is 0 Å². The number of hydrogen-bond acceptors (Lipinski definition) is 10. The Morgan fingerprint density at radius 3 is 0.891 bits per heavy atom. The van der Waals surface area contributed by atoms with Crippen LogP contribution in [-0.2, 0) is 87.3 Å². The predicted molar refractivity (Wildman–Crippen MR) is 241 cm³/mol. The van der Waals surface area contributed by atoms with Gasteiger partial charge in [-0.2, -0.15) is 0 Å². The van der Waals surface area contributed by atoms with Gasteiger partial charge >= 0.3 is 0 Å². The Balaban J connectivity index is 0.995. The molecule has 334 valence electrons. The Bertz CT molecular complexity index is 1990. The third kappa shape index (κ3) is 14.2. The average molecular weight is 867 g/mol. The first-order valence-electron chi connectivity index (χ1n) is 22.2. The van der Waals surface area contributed by atoms with Crippen LogP contribution in [-0.4, -0.2) is 62.4 Å². The van der Waals surface area contributed by atoms with Crippen LogP contribution in [0.15, 0.2) is 182 Å². The van der Waals surface area contributed by atoms with E-state index in [4.69, 9.17) is 47.7 Å². The Morgan fingerprint density at radius 2 is 0.594 bits per heavy atom. The summed E-state index contributed by atoms with van der Waals surface area (Å²) in [5.41, 5.74) is 6.29. The summed E-state index contributed by atoms with van der Waals surface area (Å²) in [5, 5.41) is 0. The van der Waals surface area contributed by atoms with E-state index in [9.17, 15) is 0 Å². The minimum Gasteiger partial charge on any atom is -0.374 e. The fourth-order valence-corrected chi connectivity index (χ4v) is 7.88. The van der Waals surface area contributed by atoms with Crippen molar-refractivity contribution in [3.8, 4) is 0 Å². The normalized spacial score (nSPS) is 23.4. The Labute approximate surface area is 376 Å². The van der Waals surface area contributed by atoms with E-state index in [1.54, 1.807) is 0 Å². The second-order valence-corrected chi connectivity index (χ2v) is 16.1. The smallest absolute Gasteiger partial charge is 0.194 e. The molecular formula is C54H58O10. The molecule has 0 aliphatic carbocycles. The van der Waals surface area contributed by atoms with Crippen molar-refractivity contribution in [1.29, 1.82) is 0 Å². The first-order chi connectivity index (χ1) is 31.7. The van der Waals surface area contributed by atoms with Crippen LogP contribution in [0.1, 0.15) is 46.2 Å². The van der Waals surface area contributed by atoms with Crippen molar-refractivity contribution < 1.29 is 47.7 Å². The standard InChI is InChI=1S/C54H58O10/c1-7-19-41(20-8-1)33-55-39-49-53(59-37-45-27-15-5-16-28-45)47(57-35-43-23-11-3-12-24-43)31-51(61-49)63-64-52-32-48(58-36-44-25-13-4-14-26-44)54(60-38-46-29-17-6-18-30-46)50(62-52)40-56-34-42-21-9-2-10-22-42/h1-30,47-54H,31-40H2/t47-,48-,49?,50?,51-,52+,53-,54+/m0/s1. The molecule has 8 atom stereocenters. The second-order valence-electron chi connectivity index (χ2n) is 16.1. The van der Waals surface area contributed by atoms with Crippen LogP contribution in [0.25, 0.3) is 0 Å². The lowest BCUT2D eigenvalue weighted by atomic mass is 10.0. The van der Waals surface area contributed by atoms with Gasteiger partial charge in [0, 0.05) is 12.8 Å². The molecule has 2 saturated heterocycles. The van der Waals surface area contributed by atoms with E-state index < -0.39 is 49.2 Å². The minimum atomic E-state index is -0.838. The van der Waals surface area contributed by atoms with Crippen molar-refractivity contribution in [2.75, 3.05) is 13.2 Å². The van der Waals surface area contributed by atoms with Crippen molar-refractivity contribution in [3.63, 3.8) is 0 Å². The van der Waals surface area contributed by atoms with Crippen LogP contribution in [0, 0.1) is 0 Å². The molecule has 0 amide bonds. The van der Waals surface area contributed by atoms with Crippen LogP contribution in [0.2, 0.25) is 0 Å². The highest BCUT2D eigenvalue weighted by Crippen LogP contribution is 2.32. The minimum absolute atomic E-state index is 0.232. The first-order valence-corrected chi connectivity index (χ1v) is 22.2. The van der Waals surface area contributed by atoms with Gasteiger partial charge < -0.3 is 37.9 Å².